The van der Waals surface area contributed by atoms with Crippen LogP contribution in [0.1, 0.15) is 22.8 Å². The van der Waals surface area contributed by atoms with Crippen LogP contribution in [0.4, 0.5) is 0 Å². The van der Waals surface area contributed by atoms with Crippen LogP contribution in [0.3, 0.4) is 0 Å². The van der Waals surface area contributed by atoms with Gasteiger partial charge in [-0.15, -0.1) is 0 Å². The third-order valence-electron chi connectivity index (χ3n) is 2.32. The van der Waals surface area contributed by atoms with E-state index in [2.05, 4.69) is 15.9 Å². The molecule has 1 atom stereocenters. The SMILES string of the molecule is C[C@@H]1Cc2cccc(Br)c2C1=O. The van der Waals surface area contributed by atoms with E-state index in [0.717, 1.165) is 16.5 Å². The normalized spacial score (nSPS) is 21.2. The molecule has 0 aliphatic heterocycles. The van der Waals surface area contributed by atoms with Gasteiger partial charge in [-0.05, 0) is 18.1 Å². The van der Waals surface area contributed by atoms with Gasteiger partial charge in [0.2, 0.25) is 0 Å². The summed E-state index contributed by atoms with van der Waals surface area (Å²) in [5.74, 6) is 0.441. The molecule has 1 aromatic carbocycles. The van der Waals surface area contributed by atoms with Crippen molar-refractivity contribution in [1.29, 1.82) is 0 Å². The Morgan fingerprint density at radius 3 is 2.92 bits per heavy atom. The van der Waals surface area contributed by atoms with Crippen molar-refractivity contribution in [1.82, 2.24) is 0 Å². The summed E-state index contributed by atoms with van der Waals surface area (Å²) in [4.78, 5) is 11.6. The summed E-state index contributed by atoms with van der Waals surface area (Å²) in [6.45, 7) is 1.98. The highest BCUT2D eigenvalue weighted by molar-refractivity contribution is 9.10. The molecule has 2 heteroatoms. The first-order valence-electron chi connectivity index (χ1n) is 4.01. The van der Waals surface area contributed by atoms with Crippen molar-refractivity contribution in [2.75, 3.05) is 0 Å². The van der Waals surface area contributed by atoms with Crippen LogP contribution in [-0.2, 0) is 6.42 Å². The molecule has 0 aromatic heterocycles. The molecular weight excluding hydrogens is 216 g/mol. The first-order valence-corrected chi connectivity index (χ1v) is 4.81. The van der Waals surface area contributed by atoms with E-state index in [4.69, 9.17) is 0 Å². The third kappa shape index (κ3) is 1.02. The van der Waals surface area contributed by atoms with E-state index in [0.29, 0.717) is 0 Å². The van der Waals surface area contributed by atoms with E-state index in [1.807, 2.05) is 25.1 Å². The van der Waals surface area contributed by atoms with E-state index < -0.39 is 0 Å². The number of hydrogen-bond acceptors (Lipinski definition) is 1. The lowest BCUT2D eigenvalue weighted by Gasteiger charge is -1.98. The lowest BCUT2D eigenvalue weighted by Crippen LogP contribution is -2.03. The van der Waals surface area contributed by atoms with Crippen molar-refractivity contribution >= 4 is 21.7 Å². The van der Waals surface area contributed by atoms with Crippen molar-refractivity contribution in [3.8, 4) is 0 Å². The van der Waals surface area contributed by atoms with Gasteiger partial charge in [-0.3, -0.25) is 4.79 Å². The smallest absolute Gasteiger partial charge is 0.167 e. The van der Waals surface area contributed by atoms with Crippen LogP contribution >= 0.6 is 15.9 Å². The maximum atomic E-state index is 11.6. The van der Waals surface area contributed by atoms with Crippen molar-refractivity contribution in [2.45, 2.75) is 13.3 Å². The second-order valence-corrected chi connectivity index (χ2v) is 4.10. The number of rotatable bonds is 0. The first kappa shape index (κ1) is 7.99. The Kier molecular flexibility index (Phi) is 1.80. The molecule has 0 saturated heterocycles. The van der Waals surface area contributed by atoms with Gasteiger partial charge < -0.3 is 0 Å². The van der Waals surface area contributed by atoms with Crippen molar-refractivity contribution in [2.24, 2.45) is 5.92 Å². The van der Waals surface area contributed by atoms with Gasteiger partial charge in [0.25, 0.3) is 0 Å². The van der Waals surface area contributed by atoms with E-state index in [1.54, 1.807) is 0 Å². The van der Waals surface area contributed by atoms with Crippen molar-refractivity contribution in [3.05, 3.63) is 33.8 Å². The number of halogens is 1. The highest BCUT2D eigenvalue weighted by Crippen LogP contribution is 2.31. The highest BCUT2D eigenvalue weighted by Gasteiger charge is 2.28. The molecule has 0 spiro atoms. The molecule has 1 nitrogen and oxygen atoms in total. The molecular formula is C10H9BrO. The Morgan fingerprint density at radius 1 is 1.50 bits per heavy atom. The van der Waals surface area contributed by atoms with Crippen LogP contribution in [0.25, 0.3) is 0 Å². The molecule has 1 aliphatic rings. The Hall–Kier alpha value is -0.630. The van der Waals surface area contributed by atoms with Gasteiger partial charge in [-0.1, -0.05) is 35.0 Å². The van der Waals surface area contributed by atoms with E-state index in [9.17, 15) is 4.79 Å². The summed E-state index contributed by atoms with van der Waals surface area (Å²) >= 11 is 3.39. The molecule has 0 unspecified atom stereocenters. The second-order valence-electron chi connectivity index (χ2n) is 3.24. The van der Waals surface area contributed by atoms with Gasteiger partial charge in [-0.25, -0.2) is 0 Å². The maximum Gasteiger partial charge on any atom is 0.167 e. The zero-order chi connectivity index (χ0) is 8.72. The molecule has 0 bridgehead atoms. The van der Waals surface area contributed by atoms with Crippen LogP contribution in [0.15, 0.2) is 22.7 Å². The predicted octanol–water partition coefficient (Wildman–Crippen LogP) is 2.82. The number of Topliss-reactive ketones (excluding diaryl/α,β-unsaturated/α-hetero) is 1. The summed E-state index contributed by atoms with van der Waals surface area (Å²) < 4.78 is 0.939. The summed E-state index contributed by atoms with van der Waals surface area (Å²) in [5, 5.41) is 0. The van der Waals surface area contributed by atoms with Gasteiger partial charge in [-0.2, -0.15) is 0 Å². The molecule has 1 aliphatic carbocycles. The Labute approximate surface area is 79.9 Å². The lowest BCUT2D eigenvalue weighted by atomic mass is 10.1. The van der Waals surface area contributed by atoms with Crippen LogP contribution in [-0.4, -0.2) is 5.78 Å². The predicted molar refractivity (Wildman–Crippen MR) is 51.3 cm³/mol. The molecule has 12 heavy (non-hydrogen) atoms. The quantitative estimate of drug-likeness (QED) is 0.663. The van der Waals surface area contributed by atoms with Crippen LogP contribution < -0.4 is 0 Å². The molecule has 0 heterocycles. The van der Waals surface area contributed by atoms with E-state index >= 15 is 0 Å². The van der Waals surface area contributed by atoms with Gasteiger partial charge in [0.1, 0.15) is 0 Å². The van der Waals surface area contributed by atoms with Crippen LogP contribution in [0, 0.1) is 5.92 Å². The fraction of sp³-hybridized carbons (Fsp3) is 0.300. The van der Waals surface area contributed by atoms with Crippen LogP contribution in [0.5, 0.6) is 0 Å². The largest absolute Gasteiger partial charge is 0.294 e. The molecule has 0 fully saturated rings. The minimum absolute atomic E-state index is 0.165. The lowest BCUT2D eigenvalue weighted by molar-refractivity contribution is 0.0945. The number of fused-ring (bicyclic) bond motifs is 1. The number of carbonyl (C=O) groups excluding carboxylic acids is 1. The third-order valence-corrected chi connectivity index (χ3v) is 2.98. The molecule has 0 N–H and O–H groups in total. The Bertz CT molecular complexity index is 344. The maximum absolute atomic E-state index is 11.6. The molecule has 62 valence electrons. The average Bonchev–Trinajstić information content (AvgIpc) is 2.29. The Balaban J connectivity index is 2.62. The fourth-order valence-corrected chi connectivity index (χ4v) is 2.29. The Morgan fingerprint density at radius 2 is 2.25 bits per heavy atom. The second kappa shape index (κ2) is 2.70. The molecule has 0 amide bonds. The van der Waals surface area contributed by atoms with Gasteiger partial charge in [0.15, 0.2) is 5.78 Å². The zero-order valence-corrected chi connectivity index (χ0v) is 8.39. The summed E-state index contributed by atoms with van der Waals surface area (Å²) in [7, 11) is 0. The molecule has 2 rings (SSSR count). The van der Waals surface area contributed by atoms with Gasteiger partial charge >= 0.3 is 0 Å². The number of ketones is 1. The molecule has 0 saturated carbocycles. The zero-order valence-electron chi connectivity index (χ0n) is 6.80. The van der Waals surface area contributed by atoms with Crippen LogP contribution in [0.2, 0.25) is 0 Å². The van der Waals surface area contributed by atoms with Gasteiger partial charge in [0, 0.05) is 16.0 Å². The monoisotopic (exact) mass is 224 g/mol. The first-order chi connectivity index (χ1) is 5.70. The van der Waals surface area contributed by atoms with Gasteiger partial charge in [0.05, 0.1) is 0 Å². The summed E-state index contributed by atoms with van der Waals surface area (Å²) in [5.41, 5.74) is 2.08. The average molecular weight is 225 g/mol. The minimum atomic E-state index is 0.165. The number of carbonyl (C=O) groups is 1. The van der Waals surface area contributed by atoms with E-state index in [1.165, 1.54) is 5.56 Å². The molecule has 0 radical (unpaired) electrons. The standard InChI is InChI=1S/C10H9BrO/c1-6-5-7-3-2-4-8(11)9(7)10(6)12/h2-4,6H,5H2,1H3/t6-/m1/s1. The molecule has 1 aromatic rings. The van der Waals surface area contributed by atoms with E-state index in [-0.39, 0.29) is 11.7 Å². The van der Waals surface area contributed by atoms with Crippen molar-refractivity contribution < 1.29 is 4.79 Å². The summed E-state index contributed by atoms with van der Waals surface area (Å²) in [6, 6.07) is 5.94. The topological polar surface area (TPSA) is 17.1 Å². The fourth-order valence-electron chi connectivity index (χ4n) is 1.68. The number of benzene rings is 1. The van der Waals surface area contributed by atoms with Crippen molar-refractivity contribution in [3.63, 3.8) is 0 Å². The highest BCUT2D eigenvalue weighted by atomic mass is 79.9. The summed E-state index contributed by atoms with van der Waals surface area (Å²) in [6.07, 6.45) is 0.896. The number of hydrogen-bond donors (Lipinski definition) is 0. The minimum Gasteiger partial charge on any atom is -0.294 e.